The average Bonchev–Trinajstić information content (AvgIpc) is 3.58. The molecule has 4 fully saturated rings. The number of aryl methyl sites for hydroxylation is 1. The van der Waals surface area contributed by atoms with Crippen molar-refractivity contribution in [2.75, 3.05) is 93.2 Å². The van der Waals surface area contributed by atoms with E-state index in [-0.39, 0.29) is 35.8 Å². The van der Waals surface area contributed by atoms with E-state index in [2.05, 4.69) is 75.7 Å². The lowest BCUT2D eigenvalue weighted by Gasteiger charge is -2.46. The number of nitrogens with zero attached hydrogens (tertiary/aromatic N) is 9. The van der Waals surface area contributed by atoms with E-state index >= 15 is 0 Å². The zero-order chi connectivity index (χ0) is 49.0. The molecule has 1 atom stereocenters. The van der Waals surface area contributed by atoms with Gasteiger partial charge in [0.25, 0.3) is 11.8 Å². The number of methoxy groups -OCH3 is 1. The molecular formula is C49H54BrN12O7P. The molecule has 2 aromatic heterocycles. The summed E-state index contributed by atoms with van der Waals surface area (Å²) in [6.07, 6.45) is 7.84. The number of piperazine rings is 1. The highest BCUT2D eigenvalue weighted by Crippen LogP contribution is 2.42. The van der Waals surface area contributed by atoms with E-state index in [0.717, 1.165) is 67.4 Å². The summed E-state index contributed by atoms with van der Waals surface area (Å²) in [4.78, 5) is 92.6. The van der Waals surface area contributed by atoms with Gasteiger partial charge in [-0.05, 0) is 96.9 Å². The summed E-state index contributed by atoms with van der Waals surface area (Å²) in [5, 5.41) is 9.58. The van der Waals surface area contributed by atoms with Crippen LogP contribution in [-0.2, 0) is 25.4 Å². The number of nitrogens with one attached hydrogen (secondary N) is 3. The highest BCUT2D eigenvalue weighted by Gasteiger charge is 2.45. The fourth-order valence-corrected chi connectivity index (χ4v) is 12.1. The minimum Gasteiger partial charge on any atom is -0.494 e. The van der Waals surface area contributed by atoms with E-state index in [1.165, 1.54) is 5.56 Å². The predicted octanol–water partition coefficient (Wildman–Crippen LogP) is 5.14. The fraction of sp³-hybridized carbons (Fsp3) is 0.408. The lowest BCUT2D eigenvalue weighted by atomic mass is 9.95. The van der Waals surface area contributed by atoms with E-state index in [0.29, 0.717) is 76.2 Å². The molecule has 10 rings (SSSR count). The van der Waals surface area contributed by atoms with Crippen molar-refractivity contribution in [3.05, 3.63) is 82.2 Å². The molecule has 5 aliphatic heterocycles. The number of benzene rings is 3. The van der Waals surface area contributed by atoms with Gasteiger partial charge in [-0.2, -0.15) is 4.98 Å². The number of imide groups is 2. The van der Waals surface area contributed by atoms with Crippen LogP contribution in [0.25, 0.3) is 11.0 Å². The van der Waals surface area contributed by atoms with Crippen molar-refractivity contribution >= 4 is 103 Å². The maximum absolute atomic E-state index is 13.7. The molecule has 4 saturated heterocycles. The Labute approximate surface area is 413 Å². The van der Waals surface area contributed by atoms with Crippen molar-refractivity contribution in [3.8, 4) is 5.75 Å². The van der Waals surface area contributed by atoms with Crippen LogP contribution in [0.3, 0.4) is 0 Å². The van der Waals surface area contributed by atoms with Crippen LogP contribution in [0, 0.1) is 5.92 Å². The van der Waals surface area contributed by atoms with E-state index in [1.54, 1.807) is 57.2 Å². The summed E-state index contributed by atoms with van der Waals surface area (Å²) < 4.78 is 20.1. The standard InChI is InChI=1S/C49H54BrN12O7P/c1-5-28-22-37(55-49-53-25-34(50)44(57-49)54-36-9-8-35-42(52-15-14-51-35)43(36)70(3,4)68)40(69-2)24-39(28)59-16-12-30(13-17-59)58-18-20-60(21-19-58)46(65)29-26-61(27-29)31-6-7-32-33(23-31)48(67)62(47(32)66)38-10-11-41(63)56-45(38)64/h6-9,14-15,22-25,29-30,38H,5,10-13,16-21,26-27H2,1-4H3,(H,56,63,64)(H2,53,54,55,57). The SMILES string of the molecule is CCc1cc(Nc2ncc(Br)c(Nc3ccc4nccnc4c3P(C)(C)=O)n2)c(OC)cc1N1CCC(N2CCN(C(=O)C3CN(c4ccc5c(c4)C(=O)N(C4CCC(=O)NC4=O)C5=O)C3)CC2)CC1. The lowest BCUT2D eigenvalue weighted by Crippen LogP contribution is -2.59. The van der Waals surface area contributed by atoms with Gasteiger partial charge < -0.3 is 34.6 Å². The first-order chi connectivity index (χ1) is 33.7. The number of aromatic nitrogens is 4. The number of anilines is 6. The number of amides is 5. The number of hydrogen-bond acceptors (Lipinski definition) is 16. The third kappa shape index (κ3) is 8.96. The number of carbonyl (C=O) groups excluding carboxylic acids is 5. The zero-order valence-corrected chi connectivity index (χ0v) is 41.9. The number of halogens is 1. The normalized spacial score (nSPS) is 19.4. The first kappa shape index (κ1) is 47.2. The number of carbonyl (C=O) groups is 5. The molecule has 5 aromatic rings. The molecule has 3 aromatic carbocycles. The number of ether oxygens (including phenoxy) is 1. The van der Waals surface area contributed by atoms with E-state index < -0.39 is 36.8 Å². The topological polar surface area (TPSA) is 216 Å². The first-order valence-electron chi connectivity index (χ1n) is 23.6. The fourth-order valence-electron chi connectivity index (χ4n) is 10.4. The Morgan fingerprint density at radius 3 is 2.31 bits per heavy atom. The second-order valence-electron chi connectivity index (χ2n) is 18.8. The van der Waals surface area contributed by atoms with Gasteiger partial charge in [0.2, 0.25) is 23.7 Å². The molecule has 19 nitrogen and oxygen atoms in total. The highest BCUT2D eigenvalue weighted by atomic mass is 79.9. The van der Waals surface area contributed by atoms with Crippen molar-refractivity contribution in [2.24, 2.45) is 5.92 Å². The summed E-state index contributed by atoms with van der Waals surface area (Å²) in [7, 11) is -1.14. The Morgan fingerprint density at radius 1 is 0.857 bits per heavy atom. The molecule has 5 amide bonds. The summed E-state index contributed by atoms with van der Waals surface area (Å²) >= 11 is 3.59. The minimum atomic E-state index is -2.79. The summed E-state index contributed by atoms with van der Waals surface area (Å²) in [6, 6.07) is 12.4. The number of hydrogen-bond donors (Lipinski definition) is 3. The van der Waals surface area contributed by atoms with Crippen molar-refractivity contribution < 1.29 is 33.3 Å². The van der Waals surface area contributed by atoms with E-state index in [9.17, 15) is 28.5 Å². The van der Waals surface area contributed by atoms with Gasteiger partial charge in [-0.15, -0.1) is 0 Å². The van der Waals surface area contributed by atoms with Crippen LogP contribution >= 0.6 is 23.1 Å². The van der Waals surface area contributed by atoms with Gasteiger partial charge >= 0.3 is 0 Å². The number of fused-ring (bicyclic) bond motifs is 2. The molecule has 0 spiro atoms. The van der Waals surface area contributed by atoms with Crippen LogP contribution in [0.5, 0.6) is 5.75 Å². The maximum Gasteiger partial charge on any atom is 0.262 e. The molecule has 0 radical (unpaired) electrons. The van der Waals surface area contributed by atoms with Crippen LogP contribution in [0.4, 0.5) is 34.5 Å². The largest absolute Gasteiger partial charge is 0.494 e. The monoisotopic (exact) mass is 1030 g/mol. The van der Waals surface area contributed by atoms with Crippen LogP contribution in [0.1, 0.15) is 58.9 Å². The maximum atomic E-state index is 13.7. The molecule has 7 heterocycles. The molecule has 0 saturated carbocycles. The quantitative estimate of drug-likeness (QED) is 0.109. The van der Waals surface area contributed by atoms with Gasteiger partial charge in [-0.25, -0.2) is 4.98 Å². The lowest BCUT2D eigenvalue weighted by molar-refractivity contribution is -0.138. The van der Waals surface area contributed by atoms with Crippen LogP contribution in [-0.4, -0.2) is 149 Å². The van der Waals surface area contributed by atoms with Gasteiger partial charge in [-0.1, -0.05) is 6.92 Å². The van der Waals surface area contributed by atoms with Gasteiger partial charge in [0, 0.05) is 101 Å². The smallest absolute Gasteiger partial charge is 0.262 e. The van der Waals surface area contributed by atoms with Gasteiger partial charge in [-0.3, -0.25) is 49.1 Å². The Morgan fingerprint density at radius 2 is 1.60 bits per heavy atom. The Balaban J connectivity index is 0.724. The molecule has 70 heavy (non-hydrogen) atoms. The number of rotatable bonds is 12. The highest BCUT2D eigenvalue weighted by molar-refractivity contribution is 9.10. The zero-order valence-electron chi connectivity index (χ0n) is 39.4. The molecule has 0 bridgehead atoms. The molecule has 21 heteroatoms. The van der Waals surface area contributed by atoms with Crippen LogP contribution in [0.2, 0.25) is 0 Å². The molecular weight excluding hydrogens is 979 g/mol. The predicted molar refractivity (Wildman–Crippen MR) is 270 cm³/mol. The number of piperidine rings is 2. The van der Waals surface area contributed by atoms with Crippen molar-refractivity contribution in [1.82, 2.24) is 40.0 Å². The van der Waals surface area contributed by atoms with Gasteiger partial charge in [0.05, 0.1) is 50.8 Å². The Bertz CT molecular complexity index is 3000. The van der Waals surface area contributed by atoms with Crippen molar-refractivity contribution in [1.29, 1.82) is 0 Å². The average molecular weight is 1030 g/mol. The minimum absolute atomic E-state index is 0.0614. The Kier molecular flexibility index (Phi) is 12.8. The first-order valence-corrected chi connectivity index (χ1v) is 27.0. The molecule has 5 aliphatic rings. The summed E-state index contributed by atoms with van der Waals surface area (Å²) in [5.41, 5.74) is 6.12. The van der Waals surface area contributed by atoms with Gasteiger partial charge in [0.1, 0.15) is 30.3 Å². The van der Waals surface area contributed by atoms with E-state index in [4.69, 9.17) is 9.72 Å². The van der Waals surface area contributed by atoms with Crippen LogP contribution < -0.4 is 35.8 Å². The molecule has 0 aliphatic carbocycles. The van der Waals surface area contributed by atoms with Crippen molar-refractivity contribution in [2.45, 2.75) is 51.1 Å². The van der Waals surface area contributed by atoms with Crippen LogP contribution in [0.15, 0.2) is 65.5 Å². The molecule has 3 N–H and O–H groups in total. The molecule has 364 valence electrons. The third-order valence-corrected chi connectivity index (χ3v) is 16.3. The second kappa shape index (κ2) is 19.0. The Hall–Kier alpha value is -6.50. The van der Waals surface area contributed by atoms with Crippen molar-refractivity contribution in [3.63, 3.8) is 0 Å². The van der Waals surface area contributed by atoms with E-state index in [1.807, 2.05) is 21.9 Å². The third-order valence-electron chi connectivity index (χ3n) is 14.1. The second-order valence-corrected chi connectivity index (χ2v) is 22.8. The van der Waals surface area contributed by atoms with Gasteiger partial charge in [0.15, 0.2) is 0 Å². The summed E-state index contributed by atoms with van der Waals surface area (Å²) in [5.74, 6) is -0.655. The summed E-state index contributed by atoms with van der Waals surface area (Å²) in [6.45, 7) is 11.4. The molecule has 1 unspecified atom stereocenters.